The minimum absolute atomic E-state index is 0.617. The van der Waals surface area contributed by atoms with Crippen LogP contribution in [0.4, 0.5) is 0 Å². The molecule has 0 unspecified atom stereocenters. The lowest BCUT2D eigenvalue weighted by Crippen LogP contribution is -2.37. The van der Waals surface area contributed by atoms with Gasteiger partial charge in [-0.2, -0.15) is 0 Å². The second-order valence-corrected chi connectivity index (χ2v) is 5.45. The van der Waals surface area contributed by atoms with Crippen LogP contribution in [0.15, 0.2) is 23.2 Å². The summed E-state index contributed by atoms with van der Waals surface area (Å²) >= 11 is 0. The summed E-state index contributed by atoms with van der Waals surface area (Å²) in [5, 5.41) is 6.63. The minimum Gasteiger partial charge on any atom is -0.493 e. The van der Waals surface area contributed by atoms with Gasteiger partial charge in [-0.15, -0.1) is 0 Å². The fraction of sp³-hybridized carbons (Fsp3) is 0.588. The number of hydrogen-bond donors (Lipinski definition) is 2. The average molecular weight is 307 g/mol. The van der Waals surface area contributed by atoms with Crippen molar-refractivity contribution in [3.8, 4) is 11.5 Å². The van der Waals surface area contributed by atoms with Gasteiger partial charge in [0, 0.05) is 20.1 Å². The Kier molecular flexibility index (Phi) is 8.18. The summed E-state index contributed by atoms with van der Waals surface area (Å²) in [5.74, 6) is 3.02. The van der Waals surface area contributed by atoms with Gasteiger partial charge >= 0.3 is 0 Å². The molecule has 1 rings (SSSR count). The molecule has 0 aliphatic heterocycles. The highest BCUT2D eigenvalue weighted by Crippen LogP contribution is 2.27. The zero-order valence-electron chi connectivity index (χ0n) is 14.4. The zero-order chi connectivity index (χ0) is 16.4. The maximum absolute atomic E-state index is 5.59. The van der Waals surface area contributed by atoms with E-state index >= 15 is 0 Å². The number of rotatable bonds is 8. The summed E-state index contributed by atoms with van der Waals surface area (Å²) in [7, 11) is 3.43. The first-order valence-corrected chi connectivity index (χ1v) is 7.84. The van der Waals surface area contributed by atoms with Crippen molar-refractivity contribution in [3.63, 3.8) is 0 Å². The molecule has 0 spiro atoms. The van der Waals surface area contributed by atoms with Gasteiger partial charge in [0.15, 0.2) is 17.5 Å². The van der Waals surface area contributed by atoms with Crippen LogP contribution in [0.3, 0.4) is 0 Å². The van der Waals surface area contributed by atoms with Crippen LogP contribution >= 0.6 is 0 Å². The van der Waals surface area contributed by atoms with Crippen molar-refractivity contribution in [2.24, 2.45) is 10.9 Å². The quantitative estimate of drug-likeness (QED) is 0.573. The van der Waals surface area contributed by atoms with Crippen LogP contribution in [0, 0.1) is 5.92 Å². The third-order valence-corrected chi connectivity index (χ3v) is 3.23. The van der Waals surface area contributed by atoms with Crippen molar-refractivity contribution in [1.29, 1.82) is 0 Å². The molecular weight excluding hydrogens is 278 g/mol. The van der Waals surface area contributed by atoms with Crippen molar-refractivity contribution in [2.45, 2.75) is 33.7 Å². The zero-order valence-corrected chi connectivity index (χ0v) is 14.4. The lowest BCUT2D eigenvalue weighted by molar-refractivity contribution is 0.310. The lowest BCUT2D eigenvalue weighted by atomic mass is 10.1. The predicted molar refractivity (Wildman–Crippen MR) is 91.8 cm³/mol. The van der Waals surface area contributed by atoms with E-state index in [9.17, 15) is 0 Å². The molecular formula is C17H29N3O2. The SMILES string of the molecule is CCOc1cc(CNC(=NC)NCCC(C)C)ccc1OC. The van der Waals surface area contributed by atoms with Gasteiger partial charge in [-0.1, -0.05) is 19.9 Å². The summed E-state index contributed by atoms with van der Waals surface area (Å²) in [5.41, 5.74) is 1.12. The van der Waals surface area contributed by atoms with Crippen LogP contribution in [-0.2, 0) is 6.54 Å². The number of methoxy groups -OCH3 is 1. The molecule has 0 atom stereocenters. The Balaban J connectivity index is 2.57. The first-order chi connectivity index (χ1) is 10.6. The van der Waals surface area contributed by atoms with E-state index in [1.165, 1.54) is 0 Å². The van der Waals surface area contributed by atoms with Crippen LogP contribution in [0.25, 0.3) is 0 Å². The van der Waals surface area contributed by atoms with Crippen molar-refractivity contribution in [2.75, 3.05) is 27.3 Å². The molecule has 0 saturated heterocycles. The molecule has 5 heteroatoms. The van der Waals surface area contributed by atoms with Crippen LogP contribution in [-0.4, -0.2) is 33.3 Å². The molecule has 2 N–H and O–H groups in total. The van der Waals surface area contributed by atoms with E-state index in [0.717, 1.165) is 36.0 Å². The monoisotopic (exact) mass is 307 g/mol. The van der Waals surface area contributed by atoms with E-state index in [2.05, 4.69) is 29.5 Å². The summed E-state index contributed by atoms with van der Waals surface area (Å²) in [4.78, 5) is 4.23. The number of nitrogens with one attached hydrogen (secondary N) is 2. The summed E-state index contributed by atoms with van der Waals surface area (Å²) in [6.07, 6.45) is 1.12. The molecule has 0 bridgehead atoms. The van der Waals surface area contributed by atoms with Gasteiger partial charge in [0.25, 0.3) is 0 Å². The number of benzene rings is 1. The van der Waals surface area contributed by atoms with Gasteiger partial charge in [-0.3, -0.25) is 4.99 Å². The van der Waals surface area contributed by atoms with Gasteiger partial charge in [0.05, 0.1) is 13.7 Å². The van der Waals surface area contributed by atoms with E-state index < -0.39 is 0 Å². The van der Waals surface area contributed by atoms with Crippen LogP contribution < -0.4 is 20.1 Å². The van der Waals surface area contributed by atoms with Gasteiger partial charge in [0.1, 0.15) is 0 Å². The van der Waals surface area contributed by atoms with Crippen LogP contribution in [0.2, 0.25) is 0 Å². The smallest absolute Gasteiger partial charge is 0.191 e. The highest BCUT2D eigenvalue weighted by molar-refractivity contribution is 5.79. The van der Waals surface area contributed by atoms with E-state index in [1.54, 1.807) is 14.2 Å². The normalized spacial score (nSPS) is 11.5. The molecule has 5 nitrogen and oxygen atoms in total. The Morgan fingerprint density at radius 3 is 2.59 bits per heavy atom. The molecule has 0 aliphatic carbocycles. The van der Waals surface area contributed by atoms with Gasteiger partial charge < -0.3 is 20.1 Å². The number of nitrogens with zero attached hydrogens (tertiary/aromatic N) is 1. The summed E-state index contributed by atoms with van der Waals surface area (Å²) < 4.78 is 10.9. The highest BCUT2D eigenvalue weighted by Gasteiger charge is 2.06. The fourth-order valence-corrected chi connectivity index (χ4v) is 1.99. The first kappa shape index (κ1) is 18.1. The molecule has 22 heavy (non-hydrogen) atoms. The van der Waals surface area contributed by atoms with Crippen molar-refractivity contribution in [1.82, 2.24) is 10.6 Å². The Hall–Kier alpha value is -1.91. The standard InChI is InChI=1S/C17H29N3O2/c1-6-22-16-11-14(7-8-15(16)21-5)12-20-17(18-4)19-10-9-13(2)3/h7-8,11,13H,6,9-10,12H2,1-5H3,(H2,18,19,20). The average Bonchev–Trinajstić information content (AvgIpc) is 2.51. The molecule has 0 fully saturated rings. The van der Waals surface area contributed by atoms with E-state index in [-0.39, 0.29) is 0 Å². The molecule has 0 saturated carbocycles. The number of aliphatic imine (C=N–C) groups is 1. The second-order valence-electron chi connectivity index (χ2n) is 5.45. The largest absolute Gasteiger partial charge is 0.493 e. The third-order valence-electron chi connectivity index (χ3n) is 3.23. The highest BCUT2D eigenvalue weighted by atomic mass is 16.5. The Morgan fingerprint density at radius 1 is 1.23 bits per heavy atom. The molecule has 1 aromatic carbocycles. The Labute approximate surface area is 134 Å². The van der Waals surface area contributed by atoms with Gasteiger partial charge in [-0.25, -0.2) is 0 Å². The first-order valence-electron chi connectivity index (χ1n) is 7.84. The number of ether oxygens (including phenoxy) is 2. The van der Waals surface area contributed by atoms with Crippen LogP contribution in [0.1, 0.15) is 32.8 Å². The third kappa shape index (κ3) is 6.24. The molecule has 0 amide bonds. The molecule has 0 heterocycles. The van der Waals surface area contributed by atoms with Gasteiger partial charge in [-0.05, 0) is 37.0 Å². The van der Waals surface area contributed by atoms with E-state index in [4.69, 9.17) is 9.47 Å². The Morgan fingerprint density at radius 2 is 2.00 bits per heavy atom. The molecule has 0 aliphatic rings. The molecule has 0 aromatic heterocycles. The maximum atomic E-state index is 5.59. The van der Waals surface area contributed by atoms with E-state index in [1.807, 2.05) is 25.1 Å². The van der Waals surface area contributed by atoms with Crippen molar-refractivity contribution >= 4 is 5.96 Å². The lowest BCUT2D eigenvalue weighted by Gasteiger charge is -2.14. The molecule has 124 valence electrons. The fourth-order valence-electron chi connectivity index (χ4n) is 1.99. The van der Waals surface area contributed by atoms with Crippen LogP contribution in [0.5, 0.6) is 11.5 Å². The van der Waals surface area contributed by atoms with Crippen molar-refractivity contribution in [3.05, 3.63) is 23.8 Å². The van der Waals surface area contributed by atoms with Gasteiger partial charge in [0.2, 0.25) is 0 Å². The summed E-state index contributed by atoms with van der Waals surface area (Å²) in [6.45, 7) is 8.61. The summed E-state index contributed by atoms with van der Waals surface area (Å²) in [6, 6.07) is 5.95. The maximum Gasteiger partial charge on any atom is 0.191 e. The molecule has 1 aromatic rings. The number of guanidine groups is 1. The predicted octanol–water partition coefficient (Wildman–Crippen LogP) is 2.81. The molecule has 0 radical (unpaired) electrons. The topological polar surface area (TPSA) is 54.9 Å². The van der Waals surface area contributed by atoms with Crippen molar-refractivity contribution < 1.29 is 9.47 Å². The van der Waals surface area contributed by atoms with E-state index in [0.29, 0.717) is 19.1 Å². The Bertz CT molecular complexity index is 473. The number of hydrogen-bond acceptors (Lipinski definition) is 3. The minimum atomic E-state index is 0.617. The second kappa shape index (κ2) is 9.92.